The molecule has 0 spiro atoms. The molecule has 0 fully saturated rings. The van der Waals surface area contributed by atoms with E-state index in [4.69, 9.17) is 23.2 Å². The summed E-state index contributed by atoms with van der Waals surface area (Å²) >= 11 is 12.6. The molecule has 8 heteroatoms. The van der Waals surface area contributed by atoms with Crippen LogP contribution in [-0.4, -0.2) is 28.8 Å². The third-order valence-electron chi connectivity index (χ3n) is 4.93. The Morgan fingerprint density at radius 3 is 2.41 bits per heavy atom. The number of carbonyl (C=O) groups excluding carboxylic acids is 2. The molecule has 1 aromatic heterocycles. The average molecular weight is 403 g/mol. The summed E-state index contributed by atoms with van der Waals surface area (Å²) in [5, 5.41) is 3.39. The van der Waals surface area contributed by atoms with Crippen molar-refractivity contribution in [3.8, 4) is 0 Å². The molecule has 27 heavy (non-hydrogen) atoms. The second kappa shape index (κ2) is 5.97. The largest absolute Gasteiger partial charge is 0.324 e. The van der Waals surface area contributed by atoms with Crippen molar-refractivity contribution in [2.75, 3.05) is 11.9 Å². The standard InChI is InChI=1S/C19H16Cl2N4O2/c1-19(2)9-7-8-12-14(13(9)16(26)24-17(19)27)23-18(22-12)25(3)15-10(20)5-4-6-11(15)21/h4-8H,1-3H3,(H,22,23)(H,24,26,27). The molecule has 3 aromatic rings. The molecular weight excluding hydrogens is 387 g/mol. The maximum absolute atomic E-state index is 12.5. The van der Waals surface area contributed by atoms with Gasteiger partial charge in [-0.05, 0) is 37.6 Å². The fraction of sp³-hybridized carbons (Fsp3) is 0.211. The fourth-order valence-electron chi connectivity index (χ4n) is 3.33. The van der Waals surface area contributed by atoms with Crippen LogP contribution in [0.5, 0.6) is 0 Å². The van der Waals surface area contributed by atoms with Gasteiger partial charge in [0.15, 0.2) is 0 Å². The number of imide groups is 1. The van der Waals surface area contributed by atoms with Crippen molar-refractivity contribution in [1.29, 1.82) is 0 Å². The molecule has 0 saturated carbocycles. The van der Waals surface area contributed by atoms with Gasteiger partial charge in [0.1, 0.15) is 5.52 Å². The molecule has 0 radical (unpaired) electrons. The molecule has 4 rings (SSSR count). The Balaban J connectivity index is 1.91. The second-order valence-electron chi connectivity index (χ2n) is 6.98. The van der Waals surface area contributed by atoms with E-state index in [1.54, 1.807) is 50.1 Å². The molecule has 0 atom stereocenters. The monoisotopic (exact) mass is 402 g/mol. The lowest BCUT2D eigenvalue weighted by Gasteiger charge is -2.30. The second-order valence-corrected chi connectivity index (χ2v) is 7.80. The number of hydrogen-bond acceptors (Lipinski definition) is 4. The van der Waals surface area contributed by atoms with Crippen LogP contribution < -0.4 is 10.2 Å². The third kappa shape index (κ3) is 2.59. The number of amides is 2. The first-order valence-electron chi connectivity index (χ1n) is 8.28. The van der Waals surface area contributed by atoms with E-state index in [-0.39, 0.29) is 5.91 Å². The van der Waals surface area contributed by atoms with Gasteiger partial charge in [0.25, 0.3) is 5.91 Å². The molecule has 2 amide bonds. The zero-order chi connectivity index (χ0) is 19.5. The maximum atomic E-state index is 12.5. The van der Waals surface area contributed by atoms with Crippen molar-refractivity contribution in [2.45, 2.75) is 19.3 Å². The van der Waals surface area contributed by atoms with Gasteiger partial charge in [-0.15, -0.1) is 0 Å². The quantitative estimate of drug-likeness (QED) is 0.630. The van der Waals surface area contributed by atoms with Crippen LogP contribution in [0.3, 0.4) is 0 Å². The molecule has 0 bridgehead atoms. The Hall–Kier alpha value is -2.57. The minimum Gasteiger partial charge on any atom is -0.324 e. The van der Waals surface area contributed by atoms with Crippen LogP contribution in [0.2, 0.25) is 10.0 Å². The van der Waals surface area contributed by atoms with E-state index in [0.29, 0.717) is 43.8 Å². The first-order valence-corrected chi connectivity index (χ1v) is 9.04. The number of carbonyl (C=O) groups is 2. The van der Waals surface area contributed by atoms with Crippen LogP contribution >= 0.6 is 23.2 Å². The molecule has 0 unspecified atom stereocenters. The molecule has 0 saturated heterocycles. The van der Waals surface area contributed by atoms with Gasteiger partial charge >= 0.3 is 0 Å². The number of aromatic nitrogens is 2. The number of rotatable bonds is 2. The first kappa shape index (κ1) is 17.8. The van der Waals surface area contributed by atoms with Gasteiger partial charge < -0.3 is 9.88 Å². The highest BCUT2D eigenvalue weighted by molar-refractivity contribution is 6.39. The summed E-state index contributed by atoms with van der Waals surface area (Å²) in [5.41, 5.74) is 2.01. The molecule has 0 aliphatic carbocycles. The van der Waals surface area contributed by atoms with E-state index in [1.165, 1.54) is 0 Å². The molecule has 2 N–H and O–H groups in total. The Labute approximate surface area is 165 Å². The highest BCUT2D eigenvalue weighted by atomic mass is 35.5. The van der Waals surface area contributed by atoms with E-state index in [0.717, 1.165) is 0 Å². The van der Waals surface area contributed by atoms with Gasteiger partial charge in [0.05, 0.1) is 32.2 Å². The van der Waals surface area contributed by atoms with Crippen LogP contribution in [0.4, 0.5) is 11.6 Å². The number of halogens is 2. The summed E-state index contributed by atoms with van der Waals surface area (Å²) in [6.45, 7) is 3.56. The van der Waals surface area contributed by atoms with Crippen molar-refractivity contribution < 1.29 is 9.59 Å². The van der Waals surface area contributed by atoms with Crippen molar-refractivity contribution in [2.24, 2.45) is 0 Å². The lowest BCUT2D eigenvalue weighted by atomic mass is 9.78. The van der Waals surface area contributed by atoms with Gasteiger partial charge in [-0.25, -0.2) is 4.98 Å². The molecule has 6 nitrogen and oxygen atoms in total. The predicted octanol–water partition coefficient (Wildman–Crippen LogP) is 4.19. The van der Waals surface area contributed by atoms with E-state index in [2.05, 4.69) is 15.3 Å². The number of fused-ring (bicyclic) bond motifs is 3. The molecule has 2 aromatic carbocycles. The first-order chi connectivity index (χ1) is 12.7. The SMILES string of the molecule is CN(c1nc2c3c(ccc2[nH]1)C(C)(C)C(=O)NC3=O)c1c(Cl)cccc1Cl. The molecule has 1 aliphatic rings. The van der Waals surface area contributed by atoms with Gasteiger partial charge in [0, 0.05) is 7.05 Å². The van der Waals surface area contributed by atoms with Crippen LogP contribution in [0.1, 0.15) is 29.8 Å². The summed E-state index contributed by atoms with van der Waals surface area (Å²) in [6.07, 6.45) is 0. The summed E-state index contributed by atoms with van der Waals surface area (Å²) in [6, 6.07) is 8.86. The van der Waals surface area contributed by atoms with E-state index < -0.39 is 11.3 Å². The Bertz CT molecular complexity index is 1100. The van der Waals surface area contributed by atoms with Crippen molar-refractivity contribution in [1.82, 2.24) is 15.3 Å². The number of hydrogen-bond donors (Lipinski definition) is 2. The molecule has 138 valence electrons. The van der Waals surface area contributed by atoms with Crippen LogP contribution in [0.25, 0.3) is 11.0 Å². The number of nitrogens with one attached hydrogen (secondary N) is 2. The van der Waals surface area contributed by atoms with Crippen LogP contribution in [0, 0.1) is 0 Å². The maximum Gasteiger partial charge on any atom is 0.260 e. The third-order valence-corrected chi connectivity index (χ3v) is 5.54. The lowest BCUT2D eigenvalue weighted by molar-refractivity contribution is -0.125. The van der Waals surface area contributed by atoms with Crippen LogP contribution in [-0.2, 0) is 10.2 Å². The highest BCUT2D eigenvalue weighted by Gasteiger charge is 2.40. The molecule has 2 heterocycles. The van der Waals surface area contributed by atoms with Crippen LogP contribution in [0.15, 0.2) is 30.3 Å². The van der Waals surface area contributed by atoms with Gasteiger partial charge in [-0.3, -0.25) is 14.9 Å². The van der Waals surface area contributed by atoms with Gasteiger partial charge in [-0.1, -0.05) is 35.3 Å². The van der Waals surface area contributed by atoms with E-state index in [1.807, 2.05) is 6.07 Å². The van der Waals surface area contributed by atoms with Gasteiger partial charge in [-0.2, -0.15) is 0 Å². The minimum absolute atomic E-state index is 0.324. The summed E-state index contributed by atoms with van der Waals surface area (Å²) in [4.78, 5) is 34.2. The van der Waals surface area contributed by atoms with E-state index >= 15 is 0 Å². The van der Waals surface area contributed by atoms with Crippen molar-refractivity contribution in [3.05, 3.63) is 51.5 Å². The Kier molecular flexibility index (Phi) is 3.94. The summed E-state index contributed by atoms with van der Waals surface area (Å²) in [5.74, 6) is -0.289. The topological polar surface area (TPSA) is 78.1 Å². The fourth-order valence-corrected chi connectivity index (χ4v) is 3.98. The number of para-hydroxylation sites is 1. The zero-order valence-corrected chi connectivity index (χ0v) is 16.4. The average Bonchev–Trinajstić information content (AvgIpc) is 3.03. The lowest BCUT2D eigenvalue weighted by Crippen LogP contribution is -2.48. The number of benzene rings is 2. The number of H-pyrrole nitrogens is 1. The molecule has 1 aliphatic heterocycles. The Morgan fingerprint density at radius 1 is 1.07 bits per heavy atom. The summed E-state index contributed by atoms with van der Waals surface area (Å²) in [7, 11) is 1.78. The Morgan fingerprint density at radius 2 is 1.74 bits per heavy atom. The smallest absolute Gasteiger partial charge is 0.260 e. The zero-order valence-electron chi connectivity index (χ0n) is 14.9. The normalized spacial score (nSPS) is 15.6. The van der Waals surface area contributed by atoms with Gasteiger partial charge in [0.2, 0.25) is 11.9 Å². The highest BCUT2D eigenvalue weighted by Crippen LogP contribution is 2.38. The van der Waals surface area contributed by atoms with Crippen molar-refractivity contribution >= 4 is 57.7 Å². The number of anilines is 2. The number of imidazole rings is 1. The number of aromatic amines is 1. The predicted molar refractivity (Wildman–Crippen MR) is 106 cm³/mol. The summed E-state index contributed by atoms with van der Waals surface area (Å²) < 4.78 is 0. The minimum atomic E-state index is -0.825. The number of nitrogens with zero attached hydrogens (tertiary/aromatic N) is 2. The molecular formula is C19H16Cl2N4O2. The van der Waals surface area contributed by atoms with Crippen molar-refractivity contribution in [3.63, 3.8) is 0 Å². The van der Waals surface area contributed by atoms with E-state index in [9.17, 15) is 9.59 Å².